The maximum atomic E-state index is 13.0. The zero-order valence-electron chi connectivity index (χ0n) is 13.2. The Bertz CT molecular complexity index is 972. The Morgan fingerprint density at radius 1 is 1.08 bits per heavy atom. The maximum absolute atomic E-state index is 13.0. The van der Waals surface area contributed by atoms with Gasteiger partial charge >= 0.3 is 0 Å². The second kappa shape index (κ2) is 6.17. The van der Waals surface area contributed by atoms with Crippen molar-refractivity contribution in [3.63, 3.8) is 0 Å². The van der Waals surface area contributed by atoms with Crippen LogP contribution in [0, 0.1) is 12.7 Å². The number of aromatic amines is 1. The van der Waals surface area contributed by atoms with E-state index in [2.05, 4.69) is 32.5 Å². The Morgan fingerprint density at radius 3 is 2.67 bits per heavy atom. The third kappa shape index (κ3) is 2.95. The SMILES string of the molecule is Cc1nc2nc(CCc3ccc(F)cc3)[nH]c2cc1-c1cccs1. The van der Waals surface area contributed by atoms with Crippen molar-refractivity contribution in [3.05, 3.63) is 70.7 Å². The molecule has 0 spiro atoms. The summed E-state index contributed by atoms with van der Waals surface area (Å²) in [6.45, 7) is 2.02. The molecule has 0 aliphatic carbocycles. The average Bonchev–Trinajstić information content (AvgIpc) is 3.22. The van der Waals surface area contributed by atoms with Crippen LogP contribution in [0.2, 0.25) is 0 Å². The Hall–Kier alpha value is -2.53. The molecule has 5 heteroatoms. The molecule has 3 aromatic heterocycles. The van der Waals surface area contributed by atoms with Crippen LogP contribution in [-0.4, -0.2) is 15.0 Å². The van der Waals surface area contributed by atoms with E-state index >= 15 is 0 Å². The molecule has 3 heterocycles. The lowest BCUT2D eigenvalue weighted by Crippen LogP contribution is -1.93. The first kappa shape index (κ1) is 15.0. The predicted molar refractivity (Wildman–Crippen MR) is 95.7 cm³/mol. The number of rotatable bonds is 4. The Kier molecular flexibility index (Phi) is 3.86. The van der Waals surface area contributed by atoms with Crippen LogP contribution in [0.3, 0.4) is 0 Å². The Morgan fingerprint density at radius 2 is 1.92 bits per heavy atom. The average molecular weight is 337 g/mol. The number of fused-ring (bicyclic) bond motifs is 1. The van der Waals surface area contributed by atoms with Gasteiger partial charge in [0.15, 0.2) is 5.65 Å². The van der Waals surface area contributed by atoms with E-state index in [9.17, 15) is 4.39 Å². The molecule has 0 aliphatic rings. The molecule has 1 aromatic carbocycles. The van der Waals surface area contributed by atoms with Crippen LogP contribution in [-0.2, 0) is 12.8 Å². The van der Waals surface area contributed by atoms with Gasteiger partial charge < -0.3 is 4.98 Å². The first-order valence-electron chi connectivity index (χ1n) is 7.83. The molecule has 0 saturated heterocycles. The summed E-state index contributed by atoms with van der Waals surface area (Å²) in [5.74, 6) is 0.702. The predicted octanol–water partition coefficient (Wildman–Crippen LogP) is 4.92. The molecular formula is C19H16FN3S. The number of nitrogens with one attached hydrogen (secondary N) is 1. The largest absolute Gasteiger partial charge is 0.341 e. The standard InChI is InChI=1S/C19H16FN3S/c1-12-15(17-3-2-10-24-17)11-16-19(21-12)23-18(22-16)9-6-13-4-7-14(20)8-5-13/h2-5,7-8,10-11H,6,9H2,1H3,(H,21,22,23). The number of hydrogen-bond acceptors (Lipinski definition) is 3. The topological polar surface area (TPSA) is 41.6 Å². The van der Waals surface area contributed by atoms with Crippen molar-refractivity contribution in [2.24, 2.45) is 0 Å². The molecule has 120 valence electrons. The summed E-state index contributed by atoms with van der Waals surface area (Å²) in [6, 6.07) is 12.9. The van der Waals surface area contributed by atoms with Gasteiger partial charge in [-0.3, -0.25) is 0 Å². The highest BCUT2D eigenvalue weighted by molar-refractivity contribution is 7.13. The van der Waals surface area contributed by atoms with Crippen LogP contribution >= 0.6 is 11.3 Å². The fourth-order valence-electron chi connectivity index (χ4n) is 2.79. The molecule has 3 nitrogen and oxygen atoms in total. The summed E-state index contributed by atoms with van der Waals surface area (Å²) < 4.78 is 13.0. The fourth-order valence-corrected chi connectivity index (χ4v) is 3.59. The third-order valence-corrected chi connectivity index (χ3v) is 4.97. The molecule has 0 radical (unpaired) electrons. The Labute approximate surface area is 143 Å². The smallest absolute Gasteiger partial charge is 0.177 e. The van der Waals surface area contributed by atoms with Crippen molar-refractivity contribution in [2.45, 2.75) is 19.8 Å². The lowest BCUT2D eigenvalue weighted by Gasteiger charge is -2.01. The minimum absolute atomic E-state index is 0.205. The molecule has 0 amide bonds. The first-order chi connectivity index (χ1) is 11.7. The van der Waals surface area contributed by atoms with Gasteiger partial charge in [-0.05, 0) is 48.6 Å². The van der Waals surface area contributed by atoms with Crippen LogP contribution in [0.4, 0.5) is 4.39 Å². The molecule has 0 fully saturated rings. The van der Waals surface area contributed by atoms with Gasteiger partial charge in [0.25, 0.3) is 0 Å². The van der Waals surface area contributed by atoms with Crippen molar-refractivity contribution in [1.29, 1.82) is 0 Å². The summed E-state index contributed by atoms with van der Waals surface area (Å²) in [7, 11) is 0. The van der Waals surface area contributed by atoms with Crippen LogP contribution < -0.4 is 0 Å². The highest BCUT2D eigenvalue weighted by Gasteiger charge is 2.10. The number of nitrogens with zero attached hydrogens (tertiary/aromatic N) is 2. The summed E-state index contributed by atoms with van der Waals surface area (Å²) in [4.78, 5) is 13.8. The van der Waals surface area contributed by atoms with Gasteiger partial charge in [-0.2, -0.15) is 0 Å². The molecule has 0 atom stereocenters. The number of halogens is 1. The highest BCUT2D eigenvalue weighted by atomic mass is 32.1. The van der Waals surface area contributed by atoms with E-state index in [0.717, 1.165) is 46.7 Å². The first-order valence-corrected chi connectivity index (χ1v) is 8.71. The number of imidazole rings is 1. The number of hydrogen-bond donors (Lipinski definition) is 1. The number of thiophene rings is 1. The number of pyridine rings is 1. The van der Waals surface area contributed by atoms with Crippen molar-refractivity contribution in [1.82, 2.24) is 15.0 Å². The van der Waals surface area contributed by atoms with Crippen LogP contribution in [0.15, 0.2) is 47.8 Å². The second-order valence-corrected chi connectivity index (χ2v) is 6.73. The van der Waals surface area contributed by atoms with Gasteiger partial charge in [-0.15, -0.1) is 11.3 Å². The number of H-pyrrole nitrogens is 1. The normalized spacial score (nSPS) is 11.2. The molecule has 24 heavy (non-hydrogen) atoms. The summed E-state index contributed by atoms with van der Waals surface area (Å²) in [5, 5.41) is 2.07. The van der Waals surface area contributed by atoms with E-state index in [-0.39, 0.29) is 5.82 Å². The highest BCUT2D eigenvalue weighted by Crippen LogP contribution is 2.29. The van der Waals surface area contributed by atoms with E-state index in [0.29, 0.717) is 0 Å². The lowest BCUT2D eigenvalue weighted by atomic mass is 10.1. The molecule has 0 unspecified atom stereocenters. The molecule has 4 rings (SSSR count). The van der Waals surface area contributed by atoms with Crippen LogP contribution in [0.5, 0.6) is 0 Å². The molecule has 1 N–H and O–H groups in total. The summed E-state index contributed by atoms with van der Waals surface area (Å²) >= 11 is 1.71. The summed E-state index contributed by atoms with van der Waals surface area (Å²) in [6.07, 6.45) is 1.59. The van der Waals surface area contributed by atoms with Gasteiger partial charge in [0.05, 0.1) is 5.52 Å². The maximum Gasteiger partial charge on any atom is 0.177 e. The molecule has 4 aromatic rings. The minimum atomic E-state index is -0.205. The number of aryl methyl sites for hydroxylation is 3. The van der Waals surface area contributed by atoms with Crippen LogP contribution in [0.1, 0.15) is 17.1 Å². The number of aromatic nitrogens is 3. The summed E-state index contributed by atoms with van der Waals surface area (Å²) in [5.41, 5.74) is 4.94. The molecule has 0 bridgehead atoms. The molecular weight excluding hydrogens is 321 g/mol. The molecule has 0 aliphatic heterocycles. The van der Waals surface area contributed by atoms with E-state index in [1.807, 2.05) is 25.1 Å². The molecule has 0 saturated carbocycles. The van der Waals surface area contributed by atoms with Crippen molar-refractivity contribution < 1.29 is 4.39 Å². The van der Waals surface area contributed by atoms with Gasteiger partial charge in [0, 0.05) is 22.6 Å². The van der Waals surface area contributed by atoms with Crippen molar-refractivity contribution in [3.8, 4) is 10.4 Å². The van der Waals surface area contributed by atoms with Gasteiger partial charge in [0.2, 0.25) is 0 Å². The zero-order chi connectivity index (χ0) is 16.5. The van der Waals surface area contributed by atoms with E-state index < -0.39 is 0 Å². The van der Waals surface area contributed by atoms with E-state index in [1.54, 1.807) is 11.3 Å². The van der Waals surface area contributed by atoms with Gasteiger partial charge in [0.1, 0.15) is 11.6 Å². The Balaban J connectivity index is 1.60. The van der Waals surface area contributed by atoms with Crippen molar-refractivity contribution in [2.75, 3.05) is 0 Å². The van der Waals surface area contributed by atoms with Gasteiger partial charge in [-0.25, -0.2) is 14.4 Å². The van der Waals surface area contributed by atoms with Crippen LogP contribution in [0.25, 0.3) is 21.6 Å². The number of benzene rings is 1. The zero-order valence-corrected chi connectivity index (χ0v) is 14.0. The monoisotopic (exact) mass is 337 g/mol. The van der Waals surface area contributed by atoms with Gasteiger partial charge in [-0.1, -0.05) is 18.2 Å². The third-order valence-electron chi connectivity index (χ3n) is 4.06. The second-order valence-electron chi connectivity index (χ2n) is 5.78. The quantitative estimate of drug-likeness (QED) is 0.574. The lowest BCUT2D eigenvalue weighted by molar-refractivity contribution is 0.627. The van der Waals surface area contributed by atoms with E-state index in [1.165, 1.54) is 17.0 Å². The minimum Gasteiger partial charge on any atom is -0.341 e. The van der Waals surface area contributed by atoms with Crippen molar-refractivity contribution >= 4 is 22.5 Å². The van der Waals surface area contributed by atoms with E-state index in [4.69, 9.17) is 0 Å². The fraction of sp³-hybridized carbons (Fsp3) is 0.158.